The van der Waals surface area contributed by atoms with Gasteiger partial charge in [0.2, 0.25) is 11.8 Å². The van der Waals surface area contributed by atoms with Crippen molar-refractivity contribution in [3.63, 3.8) is 0 Å². The maximum absolute atomic E-state index is 13.7. The van der Waals surface area contributed by atoms with Crippen molar-refractivity contribution in [2.45, 2.75) is 84.3 Å². The third kappa shape index (κ3) is 5.95. The Balaban J connectivity index is 1.71. The van der Waals surface area contributed by atoms with E-state index in [2.05, 4.69) is 10.6 Å². The van der Waals surface area contributed by atoms with E-state index >= 15 is 0 Å². The SMILES string of the molecule is Cc1ccc(C2CC(=O)Nc3cc(C(=O)NC4CCCCC4N)ccc3N2C(=O)CC(C)(C)C)cc1. The molecule has 0 aromatic heterocycles. The maximum Gasteiger partial charge on any atom is 0.251 e. The molecule has 1 heterocycles. The first-order valence-electron chi connectivity index (χ1n) is 12.9. The molecule has 192 valence electrons. The predicted molar refractivity (Wildman–Crippen MR) is 143 cm³/mol. The number of hydrogen-bond donors (Lipinski definition) is 3. The summed E-state index contributed by atoms with van der Waals surface area (Å²) in [6.45, 7) is 8.08. The summed E-state index contributed by atoms with van der Waals surface area (Å²) in [6.07, 6.45) is 4.35. The number of nitrogens with zero attached hydrogens (tertiary/aromatic N) is 1. The van der Waals surface area contributed by atoms with Gasteiger partial charge in [-0.2, -0.15) is 0 Å². The van der Waals surface area contributed by atoms with Crippen LogP contribution >= 0.6 is 0 Å². The van der Waals surface area contributed by atoms with E-state index in [1.165, 1.54) is 0 Å². The number of anilines is 2. The summed E-state index contributed by atoms with van der Waals surface area (Å²) in [7, 11) is 0. The van der Waals surface area contributed by atoms with Crippen LogP contribution in [0.25, 0.3) is 0 Å². The fraction of sp³-hybridized carbons (Fsp3) is 0.483. The molecule has 2 aliphatic rings. The highest BCUT2D eigenvalue weighted by Crippen LogP contribution is 2.40. The Bertz CT molecular complexity index is 1140. The molecule has 7 nitrogen and oxygen atoms in total. The van der Waals surface area contributed by atoms with Crippen molar-refractivity contribution in [1.29, 1.82) is 0 Å². The fourth-order valence-electron chi connectivity index (χ4n) is 5.12. The van der Waals surface area contributed by atoms with Crippen LogP contribution in [0.2, 0.25) is 0 Å². The second-order valence-electron chi connectivity index (χ2n) is 11.4. The van der Waals surface area contributed by atoms with Crippen molar-refractivity contribution in [2.24, 2.45) is 11.1 Å². The molecule has 3 atom stereocenters. The van der Waals surface area contributed by atoms with E-state index in [9.17, 15) is 14.4 Å². The molecule has 36 heavy (non-hydrogen) atoms. The number of amides is 3. The number of carbonyl (C=O) groups excluding carboxylic acids is 3. The zero-order valence-electron chi connectivity index (χ0n) is 21.8. The molecule has 1 aliphatic heterocycles. The van der Waals surface area contributed by atoms with Gasteiger partial charge in [0.15, 0.2) is 0 Å². The topological polar surface area (TPSA) is 105 Å². The third-order valence-electron chi connectivity index (χ3n) is 7.03. The zero-order chi connectivity index (χ0) is 26.0. The van der Waals surface area contributed by atoms with E-state index in [4.69, 9.17) is 5.73 Å². The first-order valence-corrected chi connectivity index (χ1v) is 12.9. The number of nitrogens with two attached hydrogens (primary N) is 1. The van der Waals surface area contributed by atoms with Gasteiger partial charge in [0.05, 0.1) is 23.8 Å². The van der Waals surface area contributed by atoms with Crippen LogP contribution in [0, 0.1) is 12.3 Å². The van der Waals surface area contributed by atoms with E-state index in [0.717, 1.165) is 36.8 Å². The molecule has 3 amide bonds. The summed E-state index contributed by atoms with van der Waals surface area (Å²) in [4.78, 5) is 41.5. The smallest absolute Gasteiger partial charge is 0.251 e. The summed E-state index contributed by atoms with van der Waals surface area (Å²) < 4.78 is 0. The van der Waals surface area contributed by atoms with Crippen LogP contribution in [0.4, 0.5) is 11.4 Å². The molecule has 4 N–H and O–H groups in total. The molecule has 3 unspecified atom stereocenters. The lowest BCUT2D eigenvalue weighted by atomic mass is 9.90. The van der Waals surface area contributed by atoms with E-state index in [1.54, 1.807) is 23.1 Å². The summed E-state index contributed by atoms with van der Waals surface area (Å²) in [5.41, 5.74) is 9.51. The molecule has 2 aromatic rings. The lowest BCUT2D eigenvalue weighted by molar-refractivity contribution is -0.121. The Morgan fingerprint density at radius 2 is 1.78 bits per heavy atom. The summed E-state index contributed by atoms with van der Waals surface area (Å²) in [5, 5.41) is 6.02. The molecule has 1 saturated carbocycles. The minimum absolute atomic E-state index is 0.0518. The van der Waals surface area contributed by atoms with E-state index < -0.39 is 6.04 Å². The summed E-state index contributed by atoms with van der Waals surface area (Å²) in [6, 6.07) is 12.6. The van der Waals surface area contributed by atoms with Gasteiger partial charge in [0.1, 0.15) is 0 Å². The number of nitrogens with one attached hydrogen (secondary N) is 2. The van der Waals surface area contributed by atoms with Gasteiger partial charge in [-0.25, -0.2) is 0 Å². The van der Waals surface area contributed by atoms with Crippen molar-refractivity contribution in [1.82, 2.24) is 5.32 Å². The number of hydrogen-bond acceptors (Lipinski definition) is 4. The fourth-order valence-corrected chi connectivity index (χ4v) is 5.12. The molecule has 7 heteroatoms. The molecular weight excluding hydrogens is 452 g/mol. The van der Waals surface area contributed by atoms with Gasteiger partial charge in [-0.15, -0.1) is 0 Å². The van der Waals surface area contributed by atoms with Crippen LogP contribution in [-0.2, 0) is 9.59 Å². The van der Waals surface area contributed by atoms with Gasteiger partial charge in [-0.05, 0) is 48.9 Å². The number of rotatable bonds is 4. The minimum Gasteiger partial charge on any atom is -0.348 e. The maximum atomic E-state index is 13.7. The van der Waals surface area contributed by atoms with E-state index in [1.807, 2.05) is 52.0 Å². The van der Waals surface area contributed by atoms with Gasteiger partial charge < -0.3 is 21.3 Å². The molecule has 0 saturated heterocycles. The Hall–Kier alpha value is -3.19. The van der Waals surface area contributed by atoms with E-state index in [-0.39, 0.29) is 41.6 Å². The lowest BCUT2D eigenvalue weighted by Crippen LogP contribution is -2.49. The number of aryl methyl sites for hydroxylation is 1. The van der Waals surface area contributed by atoms with Crippen LogP contribution in [-0.4, -0.2) is 29.8 Å². The molecule has 0 spiro atoms. The Morgan fingerprint density at radius 1 is 1.08 bits per heavy atom. The monoisotopic (exact) mass is 490 g/mol. The van der Waals surface area contributed by atoms with Crippen molar-refractivity contribution in [2.75, 3.05) is 10.2 Å². The summed E-state index contributed by atoms with van der Waals surface area (Å²) >= 11 is 0. The van der Waals surface area contributed by atoms with Crippen LogP contribution in [0.3, 0.4) is 0 Å². The highest BCUT2D eigenvalue weighted by molar-refractivity contribution is 6.06. The van der Waals surface area contributed by atoms with E-state index in [0.29, 0.717) is 23.4 Å². The average molecular weight is 491 g/mol. The van der Waals surface area contributed by atoms with Crippen LogP contribution in [0.5, 0.6) is 0 Å². The number of benzene rings is 2. The molecule has 2 aromatic carbocycles. The normalized spacial score (nSPS) is 22.3. The van der Waals surface area contributed by atoms with Gasteiger partial charge in [-0.1, -0.05) is 63.4 Å². The second-order valence-corrected chi connectivity index (χ2v) is 11.4. The third-order valence-corrected chi connectivity index (χ3v) is 7.03. The average Bonchev–Trinajstić information content (AvgIpc) is 2.95. The highest BCUT2D eigenvalue weighted by atomic mass is 16.2. The van der Waals surface area contributed by atoms with Crippen molar-refractivity contribution in [3.05, 3.63) is 59.2 Å². The Labute approximate surface area is 213 Å². The molecule has 1 aliphatic carbocycles. The molecule has 0 bridgehead atoms. The van der Waals surface area contributed by atoms with Crippen LogP contribution in [0.1, 0.15) is 86.8 Å². The first-order chi connectivity index (χ1) is 17.0. The minimum atomic E-state index is -0.443. The first kappa shape index (κ1) is 25.9. The van der Waals surface area contributed by atoms with Gasteiger partial charge in [-0.3, -0.25) is 14.4 Å². The van der Waals surface area contributed by atoms with Gasteiger partial charge in [0.25, 0.3) is 5.91 Å². The molecule has 1 fully saturated rings. The number of fused-ring (bicyclic) bond motifs is 1. The quantitative estimate of drug-likeness (QED) is 0.570. The van der Waals surface area contributed by atoms with Crippen molar-refractivity contribution in [3.8, 4) is 0 Å². The predicted octanol–water partition coefficient (Wildman–Crippen LogP) is 4.85. The van der Waals surface area contributed by atoms with Gasteiger partial charge >= 0.3 is 0 Å². The Kier molecular flexibility index (Phi) is 7.50. The molecule has 4 rings (SSSR count). The zero-order valence-corrected chi connectivity index (χ0v) is 21.8. The largest absolute Gasteiger partial charge is 0.348 e. The lowest BCUT2D eigenvalue weighted by Gasteiger charge is -2.33. The van der Waals surface area contributed by atoms with Crippen LogP contribution in [0.15, 0.2) is 42.5 Å². The Morgan fingerprint density at radius 3 is 2.44 bits per heavy atom. The van der Waals surface area contributed by atoms with Gasteiger partial charge in [0, 0.05) is 24.1 Å². The highest BCUT2D eigenvalue weighted by Gasteiger charge is 2.35. The molecular formula is C29H38N4O3. The molecule has 0 radical (unpaired) electrons. The van der Waals surface area contributed by atoms with Crippen molar-refractivity contribution < 1.29 is 14.4 Å². The number of carbonyl (C=O) groups is 3. The summed E-state index contributed by atoms with van der Waals surface area (Å²) in [5.74, 6) is -0.475. The second kappa shape index (κ2) is 10.4. The van der Waals surface area contributed by atoms with Crippen molar-refractivity contribution >= 4 is 29.1 Å². The van der Waals surface area contributed by atoms with Crippen LogP contribution < -0.4 is 21.3 Å². The standard InChI is InChI=1S/C29H38N4O3/c1-18-9-11-19(12-10-18)25-16-26(34)31-23-15-20(28(36)32-22-8-6-5-7-21(22)30)13-14-24(23)33(25)27(35)17-29(2,3)4/h9-15,21-22,25H,5-8,16-17,30H2,1-4H3,(H,31,34)(H,32,36).